The highest BCUT2D eigenvalue weighted by atomic mass is 35.5. The van der Waals surface area contributed by atoms with Gasteiger partial charge in [-0.2, -0.15) is 0 Å². The lowest BCUT2D eigenvalue weighted by atomic mass is 10.1. The van der Waals surface area contributed by atoms with E-state index in [4.69, 9.17) is 11.6 Å². The van der Waals surface area contributed by atoms with Crippen LogP contribution in [0.15, 0.2) is 65.7 Å². The molecule has 0 fully saturated rings. The molecule has 0 spiro atoms. The maximum atomic E-state index is 13.9. The Bertz CT molecular complexity index is 1310. The minimum Gasteiger partial charge on any atom is -0.286 e. The Labute approximate surface area is 180 Å². The summed E-state index contributed by atoms with van der Waals surface area (Å²) in [5, 5.41) is 8.74. The molecule has 0 bridgehead atoms. The molecular weight excluding hydrogens is 420 g/mol. The first-order chi connectivity index (χ1) is 14.3. The van der Waals surface area contributed by atoms with E-state index in [0.29, 0.717) is 22.2 Å². The number of hydrogen-bond acceptors (Lipinski definition) is 4. The highest BCUT2D eigenvalue weighted by Crippen LogP contribution is 2.29. The van der Waals surface area contributed by atoms with Crippen LogP contribution < -0.4 is 4.31 Å². The Morgan fingerprint density at radius 1 is 0.967 bits per heavy atom. The van der Waals surface area contributed by atoms with Gasteiger partial charge in [0.2, 0.25) is 0 Å². The van der Waals surface area contributed by atoms with Crippen LogP contribution in [0.3, 0.4) is 0 Å². The fourth-order valence-corrected chi connectivity index (χ4v) is 5.18. The summed E-state index contributed by atoms with van der Waals surface area (Å²) in [5.74, 6) is 0.623. The summed E-state index contributed by atoms with van der Waals surface area (Å²) < 4.78 is 30.8. The van der Waals surface area contributed by atoms with Crippen molar-refractivity contribution in [2.75, 3.05) is 4.31 Å². The van der Waals surface area contributed by atoms with Crippen molar-refractivity contribution < 1.29 is 8.42 Å². The zero-order valence-electron chi connectivity index (χ0n) is 16.9. The fourth-order valence-electron chi connectivity index (χ4n) is 3.49. The second kappa shape index (κ2) is 7.74. The van der Waals surface area contributed by atoms with E-state index in [1.807, 2.05) is 44.2 Å². The number of halogens is 1. The van der Waals surface area contributed by atoms with Gasteiger partial charge < -0.3 is 0 Å². The van der Waals surface area contributed by atoms with Crippen LogP contribution >= 0.6 is 11.6 Å². The molecule has 0 saturated carbocycles. The van der Waals surface area contributed by atoms with Crippen LogP contribution in [-0.2, 0) is 16.6 Å². The summed E-state index contributed by atoms with van der Waals surface area (Å²) in [6, 6.07) is 16.2. The van der Waals surface area contributed by atoms with Crippen molar-refractivity contribution in [2.24, 2.45) is 0 Å². The van der Waals surface area contributed by atoms with Gasteiger partial charge in [-0.3, -0.25) is 8.71 Å². The first kappa shape index (κ1) is 20.4. The van der Waals surface area contributed by atoms with E-state index in [0.717, 1.165) is 16.7 Å². The van der Waals surface area contributed by atoms with Crippen LogP contribution in [-0.4, -0.2) is 23.0 Å². The summed E-state index contributed by atoms with van der Waals surface area (Å²) in [6.07, 6.45) is 1.75. The molecule has 0 aliphatic carbocycles. The molecule has 154 valence electrons. The Morgan fingerprint density at radius 3 is 2.30 bits per heavy atom. The molecule has 2 aromatic carbocycles. The lowest BCUT2D eigenvalue weighted by molar-refractivity contribution is 0.590. The summed E-state index contributed by atoms with van der Waals surface area (Å²) in [4.78, 5) is 0.110. The molecule has 0 N–H and O–H groups in total. The first-order valence-electron chi connectivity index (χ1n) is 9.41. The van der Waals surface area contributed by atoms with Crippen LogP contribution in [0.2, 0.25) is 5.02 Å². The molecule has 8 heteroatoms. The average Bonchev–Trinajstić information content (AvgIpc) is 3.07. The van der Waals surface area contributed by atoms with Gasteiger partial charge >= 0.3 is 0 Å². The number of anilines is 1. The molecule has 0 unspecified atom stereocenters. The van der Waals surface area contributed by atoms with E-state index >= 15 is 0 Å². The third kappa shape index (κ3) is 3.78. The minimum absolute atomic E-state index is 0.110. The van der Waals surface area contributed by atoms with Crippen molar-refractivity contribution in [3.63, 3.8) is 0 Å². The summed E-state index contributed by atoms with van der Waals surface area (Å²) in [5.41, 5.74) is 3.70. The molecule has 0 aliphatic rings. The third-order valence-corrected chi connectivity index (χ3v) is 6.92. The molecular formula is C22H21ClN4O2S. The summed E-state index contributed by atoms with van der Waals surface area (Å²) >= 11 is 6.01. The zero-order chi connectivity index (χ0) is 21.5. The lowest BCUT2D eigenvalue weighted by Gasteiger charge is -2.25. The van der Waals surface area contributed by atoms with Gasteiger partial charge in [0, 0.05) is 11.2 Å². The number of sulfonamides is 1. The maximum Gasteiger partial charge on any atom is 0.268 e. The van der Waals surface area contributed by atoms with E-state index in [2.05, 4.69) is 10.2 Å². The van der Waals surface area contributed by atoms with Crippen molar-refractivity contribution in [1.29, 1.82) is 0 Å². The molecule has 0 atom stereocenters. The molecule has 2 aromatic heterocycles. The molecule has 0 aliphatic heterocycles. The van der Waals surface area contributed by atoms with Crippen LogP contribution in [0, 0.1) is 20.8 Å². The number of aromatic nitrogens is 3. The topological polar surface area (TPSA) is 67.6 Å². The second-order valence-corrected chi connectivity index (χ2v) is 9.56. The monoisotopic (exact) mass is 440 g/mol. The Balaban J connectivity index is 1.90. The molecule has 4 rings (SSSR count). The quantitative estimate of drug-likeness (QED) is 0.451. The molecule has 0 amide bonds. The van der Waals surface area contributed by atoms with Gasteiger partial charge in [-0.25, -0.2) is 8.42 Å². The largest absolute Gasteiger partial charge is 0.286 e. The van der Waals surface area contributed by atoms with Gasteiger partial charge in [0.05, 0.1) is 12.2 Å². The van der Waals surface area contributed by atoms with Crippen LogP contribution in [0.1, 0.15) is 22.5 Å². The van der Waals surface area contributed by atoms with Crippen molar-refractivity contribution in [1.82, 2.24) is 14.6 Å². The van der Waals surface area contributed by atoms with Gasteiger partial charge in [-0.15, -0.1) is 10.2 Å². The summed E-state index contributed by atoms with van der Waals surface area (Å²) in [7, 11) is -3.93. The lowest BCUT2D eigenvalue weighted by Crippen LogP contribution is -2.31. The van der Waals surface area contributed by atoms with Gasteiger partial charge in [0.1, 0.15) is 10.7 Å². The predicted molar refractivity (Wildman–Crippen MR) is 118 cm³/mol. The predicted octanol–water partition coefficient (Wildman–Crippen LogP) is 4.70. The first-order valence-corrected chi connectivity index (χ1v) is 11.2. The normalized spacial score (nSPS) is 11.7. The molecule has 0 radical (unpaired) electrons. The third-order valence-electron chi connectivity index (χ3n) is 4.87. The average molecular weight is 441 g/mol. The number of benzene rings is 2. The summed E-state index contributed by atoms with van der Waals surface area (Å²) in [6.45, 7) is 5.85. The number of aryl methyl sites for hydroxylation is 3. The van der Waals surface area contributed by atoms with E-state index in [-0.39, 0.29) is 11.4 Å². The SMILES string of the molecule is Cc1cc(C)cc(N(Cc2ccc(Cl)cc2)S(=O)(=O)c2cccn3c(C)nnc23)c1. The molecule has 30 heavy (non-hydrogen) atoms. The van der Waals surface area contributed by atoms with Crippen LogP contribution in [0.5, 0.6) is 0 Å². The molecule has 4 aromatic rings. The second-order valence-electron chi connectivity index (χ2n) is 7.30. The highest BCUT2D eigenvalue weighted by Gasteiger charge is 2.29. The van der Waals surface area contributed by atoms with Gasteiger partial charge in [-0.05, 0) is 73.9 Å². The Kier molecular flexibility index (Phi) is 5.26. The smallest absolute Gasteiger partial charge is 0.268 e. The van der Waals surface area contributed by atoms with E-state index < -0.39 is 10.0 Å². The van der Waals surface area contributed by atoms with Crippen LogP contribution in [0.4, 0.5) is 5.69 Å². The van der Waals surface area contributed by atoms with Crippen molar-refractivity contribution >= 4 is 33.0 Å². The Hall–Kier alpha value is -2.90. The van der Waals surface area contributed by atoms with Gasteiger partial charge in [0.15, 0.2) is 5.65 Å². The number of rotatable bonds is 5. The number of fused-ring (bicyclic) bond motifs is 1. The van der Waals surface area contributed by atoms with Crippen molar-refractivity contribution in [3.05, 3.63) is 88.3 Å². The molecule has 0 saturated heterocycles. The van der Waals surface area contributed by atoms with Gasteiger partial charge in [0.25, 0.3) is 10.0 Å². The number of pyridine rings is 1. The fraction of sp³-hybridized carbons (Fsp3) is 0.182. The standard InChI is InChI=1S/C22H21ClN4O2S/c1-15-11-16(2)13-20(12-15)27(14-18-6-8-19(23)9-7-18)30(28,29)21-5-4-10-26-17(3)24-25-22(21)26/h4-13H,14H2,1-3H3. The van der Waals surface area contributed by atoms with Crippen LogP contribution in [0.25, 0.3) is 5.65 Å². The zero-order valence-corrected chi connectivity index (χ0v) is 18.4. The van der Waals surface area contributed by atoms with E-state index in [1.54, 1.807) is 41.8 Å². The maximum absolute atomic E-state index is 13.9. The van der Waals surface area contributed by atoms with E-state index in [1.165, 1.54) is 4.31 Å². The van der Waals surface area contributed by atoms with Crippen molar-refractivity contribution in [3.8, 4) is 0 Å². The molecule has 2 heterocycles. The number of nitrogens with zero attached hydrogens (tertiary/aromatic N) is 4. The molecule has 6 nitrogen and oxygen atoms in total. The number of hydrogen-bond donors (Lipinski definition) is 0. The highest BCUT2D eigenvalue weighted by molar-refractivity contribution is 7.93. The Morgan fingerprint density at radius 2 is 1.63 bits per heavy atom. The van der Waals surface area contributed by atoms with Gasteiger partial charge in [-0.1, -0.05) is 29.8 Å². The van der Waals surface area contributed by atoms with Crippen molar-refractivity contribution in [2.45, 2.75) is 32.2 Å². The van der Waals surface area contributed by atoms with E-state index in [9.17, 15) is 8.42 Å². The minimum atomic E-state index is -3.93.